The fraction of sp³-hybridized carbons (Fsp3) is 1.00. The molecule has 0 aromatic carbocycles. The molecular formula is C9H18O. The molecule has 60 valence electrons. The van der Waals surface area contributed by atoms with Crippen molar-refractivity contribution >= 4 is 0 Å². The van der Waals surface area contributed by atoms with Gasteiger partial charge in [-0.3, -0.25) is 0 Å². The molecule has 10 heavy (non-hydrogen) atoms. The zero-order valence-corrected chi connectivity index (χ0v) is 7.10. The highest BCUT2D eigenvalue weighted by atomic mass is 16.5. The second-order valence-corrected chi connectivity index (χ2v) is 3.73. The van der Waals surface area contributed by atoms with Gasteiger partial charge in [0.05, 0.1) is 0 Å². The Morgan fingerprint density at radius 3 is 2.50 bits per heavy atom. The van der Waals surface area contributed by atoms with Crippen molar-refractivity contribution in [3.63, 3.8) is 0 Å². The molecule has 1 rings (SSSR count). The first-order valence-corrected chi connectivity index (χ1v) is 4.37. The number of hydrogen-bond acceptors (Lipinski definition) is 1. The molecule has 1 fully saturated rings. The van der Waals surface area contributed by atoms with Crippen molar-refractivity contribution in [1.29, 1.82) is 0 Å². The largest absolute Gasteiger partial charge is 0.381 e. The molecule has 0 aliphatic heterocycles. The summed E-state index contributed by atoms with van der Waals surface area (Å²) < 4.78 is 5.50. The summed E-state index contributed by atoms with van der Waals surface area (Å²) in [6.45, 7) is 6.34. The summed E-state index contributed by atoms with van der Waals surface area (Å²) in [7, 11) is 0. The summed E-state index contributed by atoms with van der Waals surface area (Å²) in [4.78, 5) is 0. The van der Waals surface area contributed by atoms with Crippen molar-refractivity contribution in [2.45, 2.75) is 33.1 Å². The Morgan fingerprint density at radius 2 is 2.10 bits per heavy atom. The highest BCUT2D eigenvalue weighted by Gasteiger charge is 2.16. The molecule has 0 heterocycles. The van der Waals surface area contributed by atoms with Gasteiger partial charge in [0.15, 0.2) is 0 Å². The van der Waals surface area contributed by atoms with Crippen molar-refractivity contribution in [2.75, 3.05) is 13.2 Å². The second-order valence-electron chi connectivity index (χ2n) is 3.73. The molecule has 0 atom stereocenters. The third-order valence-corrected chi connectivity index (χ3v) is 2.03. The quantitative estimate of drug-likeness (QED) is 0.586. The van der Waals surface area contributed by atoms with E-state index in [9.17, 15) is 0 Å². The molecule has 0 unspecified atom stereocenters. The van der Waals surface area contributed by atoms with Gasteiger partial charge in [0, 0.05) is 13.2 Å². The van der Waals surface area contributed by atoms with Crippen LogP contribution < -0.4 is 0 Å². The Morgan fingerprint density at radius 1 is 1.40 bits per heavy atom. The van der Waals surface area contributed by atoms with Gasteiger partial charge in [0.1, 0.15) is 0 Å². The van der Waals surface area contributed by atoms with Crippen LogP contribution in [0.5, 0.6) is 0 Å². The number of ether oxygens (including phenoxy) is 1. The van der Waals surface area contributed by atoms with Crippen molar-refractivity contribution in [3.05, 3.63) is 0 Å². The lowest BCUT2D eigenvalue weighted by Crippen LogP contribution is -2.18. The molecular weight excluding hydrogens is 124 g/mol. The lowest BCUT2D eigenvalue weighted by molar-refractivity contribution is 0.0546. The molecule has 0 radical (unpaired) electrons. The van der Waals surface area contributed by atoms with Crippen molar-refractivity contribution in [1.82, 2.24) is 0 Å². The molecule has 1 saturated carbocycles. The Kier molecular flexibility index (Phi) is 3.20. The lowest BCUT2D eigenvalue weighted by Gasteiger charge is -2.25. The molecule has 0 amide bonds. The smallest absolute Gasteiger partial charge is 0.0494 e. The van der Waals surface area contributed by atoms with Crippen molar-refractivity contribution < 1.29 is 4.74 Å². The summed E-state index contributed by atoms with van der Waals surface area (Å²) >= 11 is 0. The maximum Gasteiger partial charge on any atom is 0.0494 e. The summed E-state index contributed by atoms with van der Waals surface area (Å²) in [6.07, 6.45) is 4.23. The predicted octanol–water partition coefficient (Wildman–Crippen LogP) is 2.46. The summed E-state index contributed by atoms with van der Waals surface area (Å²) in [5.74, 6) is 1.60. The van der Waals surface area contributed by atoms with Crippen LogP contribution in [0, 0.1) is 11.8 Å². The van der Waals surface area contributed by atoms with Crippen LogP contribution >= 0.6 is 0 Å². The highest BCUT2D eigenvalue weighted by molar-refractivity contribution is 4.68. The van der Waals surface area contributed by atoms with Crippen LogP contribution in [-0.2, 0) is 4.74 Å². The van der Waals surface area contributed by atoms with E-state index in [0.717, 1.165) is 19.1 Å². The van der Waals surface area contributed by atoms with Gasteiger partial charge in [-0.2, -0.15) is 0 Å². The Labute approximate surface area is 63.8 Å². The first-order chi connectivity index (χ1) is 4.79. The van der Waals surface area contributed by atoms with Gasteiger partial charge in [0.25, 0.3) is 0 Å². The van der Waals surface area contributed by atoms with E-state index in [2.05, 4.69) is 13.8 Å². The SMILES string of the molecule is CC(C)COCC1CCC1. The zero-order valence-electron chi connectivity index (χ0n) is 7.10. The average Bonchev–Trinajstić information content (AvgIpc) is 1.75. The van der Waals surface area contributed by atoms with Crippen LogP contribution in [0.4, 0.5) is 0 Å². The van der Waals surface area contributed by atoms with Crippen LogP contribution in [0.1, 0.15) is 33.1 Å². The zero-order chi connectivity index (χ0) is 7.40. The van der Waals surface area contributed by atoms with Crippen LogP contribution in [0.2, 0.25) is 0 Å². The van der Waals surface area contributed by atoms with Gasteiger partial charge < -0.3 is 4.74 Å². The van der Waals surface area contributed by atoms with E-state index in [4.69, 9.17) is 4.74 Å². The topological polar surface area (TPSA) is 9.23 Å². The van der Waals surface area contributed by atoms with E-state index in [-0.39, 0.29) is 0 Å². The van der Waals surface area contributed by atoms with Crippen LogP contribution in [0.25, 0.3) is 0 Å². The van der Waals surface area contributed by atoms with Crippen molar-refractivity contribution in [2.24, 2.45) is 11.8 Å². The van der Waals surface area contributed by atoms with Gasteiger partial charge in [-0.15, -0.1) is 0 Å². The minimum atomic E-state index is 0.695. The molecule has 0 spiro atoms. The van der Waals surface area contributed by atoms with E-state index < -0.39 is 0 Å². The predicted molar refractivity (Wildman–Crippen MR) is 43.0 cm³/mol. The number of rotatable bonds is 4. The Bertz CT molecular complexity index is 84.7. The maximum absolute atomic E-state index is 5.50. The monoisotopic (exact) mass is 142 g/mol. The molecule has 1 nitrogen and oxygen atoms in total. The molecule has 1 aliphatic rings. The summed E-state index contributed by atoms with van der Waals surface area (Å²) in [5, 5.41) is 0. The van der Waals surface area contributed by atoms with Crippen molar-refractivity contribution in [3.8, 4) is 0 Å². The molecule has 1 heteroatoms. The average molecular weight is 142 g/mol. The minimum Gasteiger partial charge on any atom is -0.381 e. The maximum atomic E-state index is 5.50. The van der Waals surface area contributed by atoms with Gasteiger partial charge in [-0.1, -0.05) is 20.3 Å². The van der Waals surface area contributed by atoms with E-state index >= 15 is 0 Å². The third-order valence-electron chi connectivity index (χ3n) is 2.03. The van der Waals surface area contributed by atoms with Crippen LogP contribution in [-0.4, -0.2) is 13.2 Å². The Hall–Kier alpha value is -0.0400. The lowest BCUT2D eigenvalue weighted by atomic mass is 9.86. The molecule has 0 aromatic heterocycles. The van der Waals surface area contributed by atoms with E-state index in [0.29, 0.717) is 5.92 Å². The number of hydrogen-bond donors (Lipinski definition) is 0. The van der Waals surface area contributed by atoms with E-state index in [1.165, 1.54) is 19.3 Å². The third kappa shape index (κ3) is 2.70. The molecule has 0 bridgehead atoms. The molecule has 0 aromatic rings. The van der Waals surface area contributed by atoms with Gasteiger partial charge in [0.2, 0.25) is 0 Å². The molecule has 1 aliphatic carbocycles. The normalized spacial score (nSPS) is 19.5. The summed E-state index contributed by atoms with van der Waals surface area (Å²) in [5.41, 5.74) is 0. The Balaban J connectivity index is 1.85. The van der Waals surface area contributed by atoms with Gasteiger partial charge in [-0.25, -0.2) is 0 Å². The first-order valence-electron chi connectivity index (χ1n) is 4.37. The second kappa shape index (κ2) is 3.97. The molecule has 0 N–H and O–H groups in total. The molecule has 0 saturated heterocycles. The van der Waals surface area contributed by atoms with E-state index in [1.807, 2.05) is 0 Å². The fourth-order valence-corrected chi connectivity index (χ4v) is 1.13. The fourth-order valence-electron chi connectivity index (χ4n) is 1.13. The first kappa shape index (κ1) is 8.06. The highest BCUT2D eigenvalue weighted by Crippen LogP contribution is 2.26. The standard InChI is InChI=1S/C9H18O/c1-8(2)6-10-7-9-4-3-5-9/h8-9H,3-7H2,1-2H3. The minimum absolute atomic E-state index is 0.695. The van der Waals surface area contributed by atoms with Gasteiger partial charge in [-0.05, 0) is 24.7 Å². The van der Waals surface area contributed by atoms with Crippen LogP contribution in [0.15, 0.2) is 0 Å². The van der Waals surface area contributed by atoms with Gasteiger partial charge >= 0.3 is 0 Å². The van der Waals surface area contributed by atoms with Crippen LogP contribution in [0.3, 0.4) is 0 Å². The van der Waals surface area contributed by atoms with E-state index in [1.54, 1.807) is 0 Å². The summed E-state index contributed by atoms with van der Waals surface area (Å²) in [6, 6.07) is 0.